The average Bonchev–Trinajstić information content (AvgIpc) is 3.18. The Labute approximate surface area is 196 Å². The largest absolute Gasteiger partial charge is 0.382 e. The van der Waals surface area contributed by atoms with E-state index < -0.39 is 23.6 Å². The number of carbonyl (C=O) groups excluding carboxylic acids is 1. The summed E-state index contributed by atoms with van der Waals surface area (Å²) in [5, 5.41) is 12.6. The Bertz CT molecular complexity index is 1370. The van der Waals surface area contributed by atoms with Crippen LogP contribution in [-0.4, -0.2) is 25.4 Å². The van der Waals surface area contributed by atoms with Crippen molar-refractivity contribution in [2.75, 3.05) is 11.1 Å². The minimum absolute atomic E-state index is 0.0644. The van der Waals surface area contributed by atoms with Crippen LogP contribution < -0.4 is 11.1 Å². The normalized spacial score (nSPS) is 11.6. The van der Waals surface area contributed by atoms with Gasteiger partial charge in [0.05, 0.1) is 5.69 Å². The van der Waals surface area contributed by atoms with Gasteiger partial charge < -0.3 is 16.2 Å². The second kappa shape index (κ2) is 9.96. The molecule has 4 rings (SSSR count). The van der Waals surface area contributed by atoms with Crippen LogP contribution in [0.4, 0.5) is 20.3 Å². The van der Waals surface area contributed by atoms with Crippen LogP contribution in [0, 0.1) is 32.4 Å². The minimum Gasteiger partial charge on any atom is -0.382 e. The monoisotopic (exact) mass is 467 g/mol. The van der Waals surface area contributed by atoms with Crippen molar-refractivity contribution in [3.05, 3.63) is 76.9 Å². The Morgan fingerprint density at radius 3 is 2.53 bits per heavy atom. The van der Waals surface area contributed by atoms with E-state index in [2.05, 4.69) is 15.3 Å². The molecule has 0 radical (unpaired) electrons. The van der Waals surface area contributed by atoms with E-state index in [1.54, 1.807) is 19.2 Å². The molecule has 34 heavy (non-hydrogen) atoms. The van der Waals surface area contributed by atoms with Crippen molar-refractivity contribution >= 4 is 22.9 Å². The smallest absolute Gasteiger partial charge is 0.257 e. The van der Waals surface area contributed by atoms with Gasteiger partial charge in [0, 0.05) is 17.5 Å². The third-order valence-electron chi connectivity index (χ3n) is 5.34. The van der Waals surface area contributed by atoms with Gasteiger partial charge in [-0.25, -0.2) is 18.7 Å². The van der Waals surface area contributed by atoms with Crippen molar-refractivity contribution in [1.82, 2.24) is 14.4 Å². The van der Waals surface area contributed by atoms with Crippen LogP contribution in [0.25, 0.3) is 16.8 Å². The summed E-state index contributed by atoms with van der Waals surface area (Å²) in [6.45, 7) is 9.24. The molecule has 0 aliphatic heterocycles. The first kappa shape index (κ1) is 24.8. The topological polar surface area (TPSA) is 106 Å². The van der Waals surface area contributed by atoms with Crippen molar-refractivity contribution in [3.8, 4) is 11.3 Å². The Morgan fingerprint density at radius 1 is 1.15 bits per heavy atom. The van der Waals surface area contributed by atoms with Crippen LogP contribution in [0.2, 0.25) is 0 Å². The molecular weight excluding hydrogens is 440 g/mol. The SMILES string of the molecule is CC.Cc1c(-c2nc(C)n3c(C)cnc(N)c23)ccc(NC(=O)C(O)c2cccc(F)c2)c1F. The van der Waals surface area contributed by atoms with Crippen molar-refractivity contribution in [2.45, 2.75) is 40.7 Å². The maximum Gasteiger partial charge on any atom is 0.257 e. The number of carbonyl (C=O) groups is 1. The zero-order valence-corrected chi connectivity index (χ0v) is 19.6. The highest BCUT2D eigenvalue weighted by atomic mass is 19.1. The van der Waals surface area contributed by atoms with Gasteiger partial charge in [0.2, 0.25) is 0 Å². The predicted molar refractivity (Wildman–Crippen MR) is 128 cm³/mol. The number of nitrogen functional groups attached to an aromatic ring is 1. The number of aromatic nitrogens is 3. The van der Waals surface area contributed by atoms with E-state index in [4.69, 9.17) is 5.73 Å². The number of nitrogens with zero attached hydrogens (tertiary/aromatic N) is 3. The summed E-state index contributed by atoms with van der Waals surface area (Å²) in [4.78, 5) is 21.2. The first-order chi connectivity index (χ1) is 16.2. The van der Waals surface area contributed by atoms with Gasteiger partial charge in [-0.1, -0.05) is 32.0 Å². The molecule has 0 spiro atoms. The molecule has 9 heteroatoms. The van der Waals surface area contributed by atoms with E-state index in [0.29, 0.717) is 22.6 Å². The molecule has 2 heterocycles. The van der Waals surface area contributed by atoms with Crippen LogP contribution in [0.15, 0.2) is 42.6 Å². The fourth-order valence-corrected chi connectivity index (χ4v) is 3.74. The van der Waals surface area contributed by atoms with Gasteiger partial charge in [0.25, 0.3) is 5.91 Å². The number of hydrogen-bond donors (Lipinski definition) is 3. The van der Waals surface area contributed by atoms with Crippen LogP contribution in [0.1, 0.15) is 42.6 Å². The summed E-state index contributed by atoms with van der Waals surface area (Å²) in [6.07, 6.45) is -0.0183. The molecule has 0 bridgehead atoms. The molecule has 178 valence electrons. The van der Waals surface area contributed by atoms with E-state index in [9.17, 15) is 14.3 Å². The highest BCUT2D eigenvalue weighted by Gasteiger charge is 2.23. The molecule has 0 saturated carbocycles. The molecule has 1 atom stereocenters. The number of rotatable bonds is 4. The zero-order valence-electron chi connectivity index (χ0n) is 19.6. The van der Waals surface area contributed by atoms with E-state index in [-0.39, 0.29) is 22.6 Å². The molecule has 4 N–H and O–H groups in total. The Balaban J connectivity index is 0.00000158. The summed E-state index contributed by atoms with van der Waals surface area (Å²) in [7, 11) is 0. The lowest BCUT2D eigenvalue weighted by molar-refractivity contribution is -0.124. The lowest BCUT2D eigenvalue weighted by atomic mass is 10.0. The summed E-state index contributed by atoms with van der Waals surface area (Å²) < 4.78 is 30.4. The van der Waals surface area contributed by atoms with Crippen molar-refractivity contribution in [3.63, 3.8) is 0 Å². The van der Waals surface area contributed by atoms with Gasteiger partial charge in [-0.2, -0.15) is 0 Å². The maximum atomic E-state index is 15.2. The van der Waals surface area contributed by atoms with Crippen molar-refractivity contribution in [1.29, 1.82) is 0 Å². The minimum atomic E-state index is -1.65. The number of aliphatic hydroxyl groups excluding tert-OH is 1. The maximum absolute atomic E-state index is 15.2. The number of nitrogens with one attached hydrogen (secondary N) is 1. The predicted octanol–water partition coefficient (Wildman–Crippen LogP) is 4.88. The quantitative estimate of drug-likeness (QED) is 0.397. The summed E-state index contributed by atoms with van der Waals surface area (Å²) >= 11 is 0. The van der Waals surface area contributed by atoms with Gasteiger partial charge in [-0.15, -0.1) is 0 Å². The highest BCUT2D eigenvalue weighted by Crippen LogP contribution is 2.34. The van der Waals surface area contributed by atoms with E-state index in [1.807, 2.05) is 32.1 Å². The second-order valence-corrected chi connectivity index (χ2v) is 7.52. The number of aliphatic hydroxyl groups is 1. The number of halogens is 2. The molecule has 1 amide bonds. The number of fused-ring (bicyclic) bond motifs is 1. The van der Waals surface area contributed by atoms with Gasteiger partial charge in [0.1, 0.15) is 34.5 Å². The lowest BCUT2D eigenvalue weighted by Crippen LogP contribution is -2.21. The lowest BCUT2D eigenvalue weighted by Gasteiger charge is -2.14. The fourth-order valence-electron chi connectivity index (χ4n) is 3.74. The van der Waals surface area contributed by atoms with Gasteiger partial charge in [-0.05, 0) is 50.1 Å². The summed E-state index contributed by atoms with van der Waals surface area (Å²) in [5.74, 6) is -1.21. The molecule has 1 unspecified atom stereocenters. The van der Waals surface area contributed by atoms with E-state index >= 15 is 4.39 Å². The molecule has 0 saturated heterocycles. The van der Waals surface area contributed by atoms with E-state index in [0.717, 1.165) is 11.8 Å². The number of anilines is 2. The molecule has 4 aromatic rings. The van der Waals surface area contributed by atoms with Crippen LogP contribution in [0.3, 0.4) is 0 Å². The number of amides is 1. The first-order valence-electron chi connectivity index (χ1n) is 10.8. The van der Waals surface area contributed by atoms with Crippen LogP contribution in [0.5, 0.6) is 0 Å². The second-order valence-electron chi connectivity index (χ2n) is 7.52. The molecule has 0 aliphatic carbocycles. The molecular formula is C25H27F2N5O2. The zero-order chi connectivity index (χ0) is 25.2. The molecule has 7 nitrogen and oxygen atoms in total. The Morgan fingerprint density at radius 2 is 1.85 bits per heavy atom. The van der Waals surface area contributed by atoms with E-state index in [1.165, 1.54) is 24.3 Å². The van der Waals surface area contributed by atoms with Gasteiger partial charge in [-0.3, -0.25) is 9.20 Å². The molecule has 0 fully saturated rings. The average molecular weight is 468 g/mol. The Kier molecular flexibility index (Phi) is 7.26. The van der Waals surface area contributed by atoms with Crippen LogP contribution >= 0.6 is 0 Å². The number of imidazole rings is 1. The Hall–Kier alpha value is -3.85. The first-order valence-corrected chi connectivity index (χ1v) is 10.8. The van der Waals surface area contributed by atoms with Crippen LogP contribution in [-0.2, 0) is 4.79 Å². The molecule has 2 aromatic carbocycles. The number of benzene rings is 2. The van der Waals surface area contributed by atoms with Gasteiger partial charge >= 0.3 is 0 Å². The molecule has 2 aromatic heterocycles. The van der Waals surface area contributed by atoms with Crippen molar-refractivity contribution < 1.29 is 18.7 Å². The van der Waals surface area contributed by atoms with Gasteiger partial charge in [0.15, 0.2) is 6.10 Å². The van der Waals surface area contributed by atoms with Crippen molar-refractivity contribution in [2.24, 2.45) is 0 Å². The third-order valence-corrected chi connectivity index (χ3v) is 5.34. The summed E-state index contributed by atoms with van der Waals surface area (Å²) in [6, 6.07) is 8.02. The molecule has 0 aliphatic rings. The highest BCUT2D eigenvalue weighted by molar-refractivity contribution is 5.95. The number of aryl methyl sites for hydroxylation is 2. The number of nitrogens with two attached hydrogens (primary N) is 1. The third kappa shape index (κ3) is 4.47. The number of hydrogen-bond acceptors (Lipinski definition) is 5. The standard InChI is InChI=1S/C23H21F2N5O2.C2H6/c1-11-10-27-22(26)20-19(28-13(3)30(11)20)16-7-8-17(18(25)12(16)2)29-23(32)21(31)14-5-4-6-15(24)9-14;1-2/h4-10,21,31H,1-3H3,(H2,26,27)(H,29,32);1-2H3. The fraction of sp³-hybridized carbons (Fsp3) is 0.240. The summed E-state index contributed by atoms with van der Waals surface area (Å²) in [5.41, 5.74) is 8.65.